The van der Waals surface area contributed by atoms with Crippen LogP contribution < -0.4 is 10.6 Å². The van der Waals surface area contributed by atoms with Crippen molar-refractivity contribution >= 4 is 11.6 Å². The van der Waals surface area contributed by atoms with Gasteiger partial charge in [0.15, 0.2) is 0 Å². The number of rotatable bonds is 2. The van der Waals surface area contributed by atoms with Gasteiger partial charge in [0, 0.05) is 0 Å². The fourth-order valence-electron chi connectivity index (χ4n) is 1.82. The Balaban J connectivity index is 2.08. The number of anilines is 1. The van der Waals surface area contributed by atoms with Crippen LogP contribution in [-0.4, -0.2) is 18.5 Å². The topological polar surface area (TPSA) is 64.9 Å². The highest BCUT2D eigenvalue weighted by molar-refractivity contribution is 5.96. The van der Waals surface area contributed by atoms with Gasteiger partial charge in [-0.15, -0.1) is 0 Å². The lowest BCUT2D eigenvalue weighted by Crippen LogP contribution is -2.35. The summed E-state index contributed by atoms with van der Waals surface area (Å²) in [4.78, 5) is 11.8. The van der Waals surface area contributed by atoms with E-state index in [0.29, 0.717) is 11.3 Å². The van der Waals surface area contributed by atoms with Gasteiger partial charge in [0.1, 0.15) is 6.07 Å². The van der Waals surface area contributed by atoms with Gasteiger partial charge in [-0.3, -0.25) is 4.79 Å². The van der Waals surface area contributed by atoms with Crippen molar-refractivity contribution in [1.29, 1.82) is 5.26 Å². The van der Waals surface area contributed by atoms with E-state index in [2.05, 4.69) is 16.7 Å². The predicted octanol–water partition coefficient (Wildman–Crippen LogP) is 1.25. The molecule has 1 aliphatic heterocycles. The Labute approximate surface area is 94.3 Å². The van der Waals surface area contributed by atoms with Crippen LogP contribution in [0.5, 0.6) is 0 Å². The number of nitrogens with one attached hydrogen (secondary N) is 2. The molecule has 0 radical (unpaired) electrons. The lowest BCUT2D eigenvalue weighted by molar-refractivity contribution is -0.117. The Bertz CT molecular complexity index is 430. The summed E-state index contributed by atoms with van der Waals surface area (Å²) in [6.45, 7) is 0.887. The Morgan fingerprint density at radius 1 is 1.50 bits per heavy atom. The van der Waals surface area contributed by atoms with Crippen LogP contribution in [0.2, 0.25) is 0 Å². The minimum atomic E-state index is -0.119. The molecule has 1 atom stereocenters. The number of amides is 1. The number of hydrogen-bond donors (Lipinski definition) is 2. The summed E-state index contributed by atoms with van der Waals surface area (Å²) in [5, 5.41) is 14.8. The molecule has 1 aromatic carbocycles. The molecule has 0 aliphatic carbocycles. The summed E-state index contributed by atoms with van der Waals surface area (Å²) in [7, 11) is 0. The van der Waals surface area contributed by atoms with Crippen LogP contribution >= 0.6 is 0 Å². The van der Waals surface area contributed by atoms with E-state index in [0.717, 1.165) is 19.4 Å². The number of nitrogens with zero attached hydrogens (tertiary/aromatic N) is 1. The number of para-hydroxylation sites is 1. The van der Waals surface area contributed by atoms with Gasteiger partial charge >= 0.3 is 0 Å². The van der Waals surface area contributed by atoms with E-state index in [-0.39, 0.29) is 11.9 Å². The van der Waals surface area contributed by atoms with Gasteiger partial charge in [-0.2, -0.15) is 5.26 Å². The van der Waals surface area contributed by atoms with Gasteiger partial charge in [-0.25, -0.2) is 0 Å². The third-order valence-electron chi connectivity index (χ3n) is 2.68. The molecule has 0 saturated carbocycles. The molecule has 0 spiro atoms. The Hall–Kier alpha value is -1.86. The van der Waals surface area contributed by atoms with Crippen molar-refractivity contribution in [2.45, 2.75) is 18.9 Å². The summed E-state index contributed by atoms with van der Waals surface area (Å²) >= 11 is 0. The zero-order valence-electron chi connectivity index (χ0n) is 8.86. The van der Waals surface area contributed by atoms with Crippen LogP contribution in [0.1, 0.15) is 18.4 Å². The summed E-state index contributed by atoms with van der Waals surface area (Å²) < 4.78 is 0. The lowest BCUT2D eigenvalue weighted by atomic mass is 10.1. The fourth-order valence-corrected chi connectivity index (χ4v) is 1.82. The van der Waals surface area contributed by atoms with Gasteiger partial charge in [0.2, 0.25) is 5.91 Å². The first kappa shape index (κ1) is 10.7. The van der Waals surface area contributed by atoms with Gasteiger partial charge in [-0.1, -0.05) is 12.1 Å². The maximum atomic E-state index is 11.8. The molecule has 16 heavy (non-hydrogen) atoms. The number of carbonyl (C=O) groups excluding carboxylic acids is 1. The van der Waals surface area contributed by atoms with Gasteiger partial charge < -0.3 is 10.6 Å². The minimum absolute atomic E-state index is 0.0554. The monoisotopic (exact) mass is 215 g/mol. The van der Waals surface area contributed by atoms with Crippen LogP contribution in [0.4, 0.5) is 5.69 Å². The summed E-state index contributed by atoms with van der Waals surface area (Å²) in [6, 6.07) is 8.96. The van der Waals surface area contributed by atoms with E-state index in [1.807, 2.05) is 0 Å². The average molecular weight is 215 g/mol. The fraction of sp³-hybridized carbons (Fsp3) is 0.333. The number of carbonyl (C=O) groups is 1. The second-order valence-corrected chi connectivity index (χ2v) is 3.80. The summed E-state index contributed by atoms with van der Waals surface area (Å²) in [5.74, 6) is -0.0554. The molecule has 1 fully saturated rings. The van der Waals surface area contributed by atoms with E-state index >= 15 is 0 Å². The highest BCUT2D eigenvalue weighted by Crippen LogP contribution is 2.15. The second kappa shape index (κ2) is 4.77. The quantitative estimate of drug-likeness (QED) is 0.780. The molecular weight excluding hydrogens is 202 g/mol. The number of hydrogen-bond acceptors (Lipinski definition) is 3. The van der Waals surface area contributed by atoms with E-state index in [9.17, 15) is 4.79 Å². The van der Waals surface area contributed by atoms with Crippen molar-refractivity contribution in [2.24, 2.45) is 0 Å². The molecule has 4 heteroatoms. The minimum Gasteiger partial charge on any atom is -0.324 e. The normalized spacial score (nSPS) is 19.1. The molecular formula is C12H13N3O. The number of benzene rings is 1. The maximum Gasteiger partial charge on any atom is 0.241 e. The second-order valence-electron chi connectivity index (χ2n) is 3.80. The van der Waals surface area contributed by atoms with Crippen molar-refractivity contribution in [3.8, 4) is 6.07 Å². The zero-order valence-corrected chi connectivity index (χ0v) is 8.86. The molecule has 2 rings (SSSR count). The lowest BCUT2D eigenvalue weighted by Gasteiger charge is -2.11. The van der Waals surface area contributed by atoms with Gasteiger partial charge in [0.25, 0.3) is 0 Å². The highest BCUT2D eigenvalue weighted by atomic mass is 16.2. The Morgan fingerprint density at radius 3 is 3.00 bits per heavy atom. The van der Waals surface area contributed by atoms with Crippen molar-refractivity contribution in [2.75, 3.05) is 11.9 Å². The molecule has 1 heterocycles. The Kier molecular flexibility index (Phi) is 3.18. The van der Waals surface area contributed by atoms with Crippen LogP contribution in [0, 0.1) is 11.3 Å². The molecule has 1 aliphatic rings. The molecule has 1 amide bonds. The highest BCUT2D eigenvalue weighted by Gasteiger charge is 2.22. The first-order valence-electron chi connectivity index (χ1n) is 5.34. The molecule has 0 unspecified atom stereocenters. The summed E-state index contributed by atoms with van der Waals surface area (Å²) in [6.07, 6.45) is 1.89. The summed E-state index contributed by atoms with van der Waals surface area (Å²) in [5.41, 5.74) is 1.08. The third-order valence-corrected chi connectivity index (χ3v) is 2.68. The van der Waals surface area contributed by atoms with Crippen LogP contribution in [0.15, 0.2) is 24.3 Å². The zero-order chi connectivity index (χ0) is 11.4. The van der Waals surface area contributed by atoms with Crippen molar-refractivity contribution in [3.63, 3.8) is 0 Å². The molecule has 1 saturated heterocycles. The van der Waals surface area contributed by atoms with Crippen LogP contribution in [0.25, 0.3) is 0 Å². The van der Waals surface area contributed by atoms with Crippen molar-refractivity contribution in [3.05, 3.63) is 29.8 Å². The first-order valence-corrected chi connectivity index (χ1v) is 5.34. The molecule has 0 aromatic heterocycles. The van der Waals surface area contributed by atoms with Crippen molar-refractivity contribution in [1.82, 2.24) is 5.32 Å². The molecule has 4 nitrogen and oxygen atoms in total. The molecule has 82 valence electrons. The Morgan fingerprint density at radius 2 is 2.31 bits per heavy atom. The smallest absolute Gasteiger partial charge is 0.241 e. The molecule has 1 aromatic rings. The van der Waals surface area contributed by atoms with Gasteiger partial charge in [0.05, 0.1) is 17.3 Å². The SMILES string of the molecule is N#Cc1ccccc1NC(=O)[C@@H]1CCCN1. The van der Waals surface area contributed by atoms with Crippen LogP contribution in [0.3, 0.4) is 0 Å². The van der Waals surface area contributed by atoms with E-state index in [1.54, 1.807) is 24.3 Å². The average Bonchev–Trinajstić information content (AvgIpc) is 2.83. The number of nitriles is 1. The molecule has 0 bridgehead atoms. The van der Waals surface area contributed by atoms with E-state index < -0.39 is 0 Å². The standard InChI is InChI=1S/C12H13N3O/c13-8-9-4-1-2-5-10(9)15-12(16)11-6-3-7-14-11/h1-2,4-5,11,14H,3,6-7H2,(H,15,16)/t11-/m0/s1. The first-order chi connectivity index (χ1) is 7.81. The van der Waals surface area contributed by atoms with Crippen LogP contribution in [-0.2, 0) is 4.79 Å². The largest absolute Gasteiger partial charge is 0.324 e. The van der Waals surface area contributed by atoms with E-state index in [4.69, 9.17) is 5.26 Å². The van der Waals surface area contributed by atoms with E-state index in [1.165, 1.54) is 0 Å². The van der Waals surface area contributed by atoms with Gasteiger partial charge in [-0.05, 0) is 31.5 Å². The third kappa shape index (κ3) is 2.20. The van der Waals surface area contributed by atoms with Crippen molar-refractivity contribution < 1.29 is 4.79 Å². The predicted molar refractivity (Wildman–Crippen MR) is 60.8 cm³/mol. The maximum absolute atomic E-state index is 11.8. The molecule has 2 N–H and O–H groups in total.